The first kappa shape index (κ1) is 22.3. The minimum Gasteiger partial charge on any atom is -0.491 e. The van der Waals surface area contributed by atoms with Gasteiger partial charge in [0.25, 0.3) is 10.0 Å². The summed E-state index contributed by atoms with van der Waals surface area (Å²) in [5.74, 6) is -0.584. The van der Waals surface area contributed by atoms with E-state index in [4.69, 9.17) is 4.74 Å². The van der Waals surface area contributed by atoms with Crippen LogP contribution < -0.4 is 14.4 Å². The number of rotatable bonds is 9. The van der Waals surface area contributed by atoms with E-state index in [-0.39, 0.29) is 4.90 Å². The van der Waals surface area contributed by atoms with Crippen LogP contribution in [0.25, 0.3) is 0 Å². The van der Waals surface area contributed by atoms with Gasteiger partial charge >= 0.3 is 0 Å². The maximum Gasteiger partial charge on any atom is 0.264 e. The molecule has 0 bridgehead atoms. The van der Waals surface area contributed by atoms with Crippen molar-refractivity contribution in [1.82, 2.24) is 0 Å². The van der Waals surface area contributed by atoms with Crippen LogP contribution in [0.3, 0.4) is 0 Å². The Kier molecular flexibility index (Phi) is 7.25. The van der Waals surface area contributed by atoms with E-state index < -0.39 is 28.3 Å². The number of halogens is 1. The van der Waals surface area contributed by atoms with Crippen LogP contribution in [0, 0.1) is 5.82 Å². The van der Waals surface area contributed by atoms with Crippen LogP contribution in [-0.4, -0.2) is 27.5 Å². The average molecular weight is 443 g/mol. The average Bonchev–Trinajstić information content (AvgIpc) is 2.77. The van der Waals surface area contributed by atoms with E-state index in [1.807, 2.05) is 6.92 Å². The second kappa shape index (κ2) is 10.1. The molecule has 162 valence electrons. The van der Waals surface area contributed by atoms with E-state index in [9.17, 15) is 17.6 Å². The molecule has 0 spiro atoms. The number of anilines is 2. The molecule has 8 heteroatoms. The maximum atomic E-state index is 13.3. The molecule has 0 saturated carbocycles. The van der Waals surface area contributed by atoms with Gasteiger partial charge in [0, 0.05) is 0 Å². The SMILES string of the molecule is CCCOc1ccccc1NC(=O)CN(c1ccccc1)S(=O)(=O)c1ccc(F)cc1. The number of carbonyl (C=O) groups excluding carboxylic acids is 1. The van der Waals surface area contributed by atoms with Crippen molar-refractivity contribution in [2.75, 3.05) is 22.8 Å². The molecule has 0 aliphatic carbocycles. The molecule has 31 heavy (non-hydrogen) atoms. The Balaban J connectivity index is 1.88. The Bertz CT molecular complexity index is 1120. The smallest absolute Gasteiger partial charge is 0.264 e. The summed E-state index contributed by atoms with van der Waals surface area (Å²) in [4.78, 5) is 12.7. The van der Waals surface area contributed by atoms with Gasteiger partial charge in [0.1, 0.15) is 18.1 Å². The molecule has 6 nitrogen and oxygen atoms in total. The molecule has 0 aromatic heterocycles. The predicted octanol–water partition coefficient (Wildman–Crippen LogP) is 4.45. The number of carbonyl (C=O) groups is 1. The predicted molar refractivity (Wildman–Crippen MR) is 118 cm³/mol. The monoisotopic (exact) mass is 442 g/mol. The fourth-order valence-electron chi connectivity index (χ4n) is 2.87. The highest BCUT2D eigenvalue weighted by molar-refractivity contribution is 7.92. The summed E-state index contributed by atoms with van der Waals surface area (Å²) in [6.45, 7) is 1.99. The molecular weight excluding hydrogens is 419 g/mol. The lowest BCUT2D eigenvalue weighted by molar-refractivity contribution is -0.114. The summed E-state index contributed by atoms with van der Waals surface area (Å²) < 4.78 is 46.4. The lowest BCUT2D eigenvalue weighted by Crippen LogP contribution is -2.38. The van der Waals surface area contributed by atoms with Crippen LogP contribution in [-0.2, 0) is 14.8 Å². The Morgan fingerprint density at radius 3 is 2.29 bits per heavy atom. The van der Waals surface area contributed by atoms with E-state index in [0.29, 0.717) is 23.7 Å². The zero-order chi connectivity index (χ0) is 22.3. The van der Waals surface area contributed by atoms with Crippen LogP contribution in [0.1, 0.15) is 13.3 Å². The summed E-state index contributed by atoms with van der Waals surface area (Å²) in [5.41, 5.74) is 0.769. The summed E-state index contributed by atoms with van der Waals surface area (Å²) >= 11 is 0. The second-order valence-corrected chi connectivity index (χ2v) is 8.56. The fourth-order valence-corrected chi connectivity index (χ4v) is 4.29. The lowest BCUT2D eigenvalue weighted by Gasteiger charge is -2.24. The van der Waals surface area contributed by atoms with Crippen molar-refractivity contribution in [2.24, 2.45) is 0 Å². The van der Waals surface area contributed by atoms with Crippen LogP contribution in [0.2, 0.25) is 0 Å². The van der Waals surface area contributed by atoms with Gasteiger partial charge in [0.15, 0.2) is 0 Å². The highest BCUT2D eigenvalue weighted by Gasteiger charge is 2.27. The topological polar surface area (TPSA) is 75.7 Å². The van der Waals surface area contributed by atoms with E-state index >= 15 is 0 Å². The van der Waals surface area contributed by atoms with Crippen LogP contribution in [0.4, 0.5) is 15.8 Å². The van der Waals surface area contributed by atoms with Crippen molar-refractivity contribution >= 4 is 27.3 Å². The first-order valence-electron chi connectivity index (χ1n) is 9.77. The lowest BCUT2D eigenvalue weighted by atomic mass is 10.3. The van der Waals surface area contributed by atoms with Crippen molar-refractivity contribution in [3.8, 4) is 5.75 Å². The molecule has 0 unspecified atom stereocenters. The van der Waals surface area contributed by atoms with Crippen LogP contribution >= 0.6 is 0 Å². The summed E-state index contributed by atoms with van der Waals surface area (Å²) in [6.07, 6.45) is 0.806. The zero-order valence-corrected chi connectivity index (χ0v) is 17.8. The molecule has 3 rings (SSSR count). The van der Waals surface area contributed by atoms with E-state index in [0.717, 1.165) is 22.9 Å². The van der Waals surface area contributed by atoms with Gasteiger partial charge in [-0.1, -0.05) is 37.3 Å². The van der Waals surface area contributed by atoms with E-state index in [1.165, 1.54) is 12.1 Å². The van der Waals surface area contributed by atoms with Crippen molar-refractivity contribution in [2.45, 2.75) is 18.2 Å². The minimum atomic E-state index is -4.11. The third-order valence-electron chi connectivity index (χ3n) is 4.36. The van der Waals surface area contributed by atoms with Gasteiger partial charge in [0.2, 0.25) is 5.91 Å². The molecule has 0 aliphatic heterocycles. The maximum absolute atomic E-state index is 13.3. The fraction of sp³-hybridized carbons (Fsp3) is 0.174. The minimum absolute atomic E-state index is 0.114. The van der Waals surface area contributed by atoms with E-state index in [1.54, 1.807) is 54.6 Å². The Labute approximate surface area is 181 Å². The van der Waals surface area contributed by atoms with Crippen LogP contribution in [0.15, 0.2) is 83.8 Å². The highest BCUT2D eigenvalue weighted by atomic mass is 32.2. The number of nitrogens with zero attached hydrogens (tertiary/aromatic N) is 1. The molecule has 0 atom stereocenters. The molecule has 1 amide bonds. The van der Waals surface area contributed by atoms with Crippen molar-refractivity contribution < 1.29 is 22.3 Å². The van der Waals surface area contributed by atoms with Crippen molar-refractivity contribution in [3.05, 3.63) is 84.7 Å². The normalized spacial score (nSPS) is 11.0. The van der Waals surface area contributed by atoms with E-state index in [2.05, 4.69) is 5.32 Å². The first-order valence-corrected chi connectivity index (χ1v) is 11.2. The quantitative estimate of drug-likeness (QED) is 0.531. The van der Waals surface area contributed by atoms with Crippen molar-refractivity contribution in [1.29, 1.82) is 0 Å². The molecular formula is C23H23FN2O4S. The molecule has 0 fully saturated rings. The largest absolute Gasteiger partial charge is 0.491 e. The number of nitrogens with one attached hydrogen (secondary N) is 1. The zero-order valence-electron chi connectivity index (χ0n) is 17.0. The molecule has 0 radical (unpaired) electrons. The number of benzene rings is 3. The van der Waals surface area contributed by atoms with Gasteiger partial charge in [-0.15, -0.1) is 0 Å². The van der Waals surface area contributed by atoms with Gasteiger partial charge in [-0.3, -0.25) is 9.10 Å². The van der Waals surface area contributed by atoms with Gasteiger partial charge < -0.3 is 10.1 Å². The standard InChI is InChI=1S/C23H23FN2O4S/c1-2-16-30-22-11-7-6-10-21(22)25-23(27)17-26(19-8-4-3-5-9-19)31(28,29)20-14-12-18(24)13-15-20/h3-15H,2,16-17H2,1H3,(H,25,27). The van der Waals surface area contributed by atoms with Gasteiger partial charge in [-0.25, -0.2) is 12.8 Å². The first-order chi connectivity index (χ1) is 14.9. The Morgan fingerprint density at radius 1 is 0.968 bits per heavy atom. The molecule has 1 N–H and O–H groups in total. The van der Waals surface area contributed by atoms with Gasteiger partial charge in [-0.05, 0) is 55.0 Å². The summed E-state index contributed by atoms with van der Waals surface area (Å²) in [5, 5.41) is 2.72. The molecule has 0 saturated heterocycles. The second-order valence-electron chi connectivity index (χ2n) is 6.69. The summed E-state index contributed by atoms with van der Waals surface area (Å²) in [7, 11) is -4.11. The van der Waals surface area contributed by atoms with Gasteiger partial charge in [0.05, 0.1) is 22.9 Å². The molecule has 0 heterocycles. The molecule has 3 aromatic carbocycles. The number of ether oxygens (including phenoxy) is 1. The Hall–Kier alpha value is -3.39. The Morgan fingerprint density at radius 2 is 1.61 bits per heavy atom. The number of para-hydroxylation sites is 3. The van der Waals surface area contributed by atoms with Crippen molar-refractivity contribution in [3.63, 3.8) is 0 Å². The van der Waals surface area contributed by atoms with Gasteiger partial charge in [-0.2, -0.15) is 0 Å². The number of hydrogen-bond acceptors (Lipinski definition) is 4. The third kappa shape index (κ3) is 5.61. The summed E-state index contributed by atoms with van der Waals surface area (Å²) in [6, 6.07) is 19.7. The third-order valence-corrected chi connectivity index (χ3v) is 6.14. The van der Waals surface area contributed by atoms with Crippen LogP contribution in [0.5, 0.6) is 5.75 Å². The molecule has 0 aliphatic rings. The number of hydrogen-bond donors (Lipinski definition) is 1. The number of sulfonamides is 1. The number of amides is 1. The molecule has 3 aromatic rings. The highest BCUT2D eigenvalue weighted by Crippen LogP contribution is 2.26.